The first kappa shape index (κ1) is 11.7. The molecule has 0 aliphatic heterocycles. The highest BCUT2D eigenvalue weighted by Crippen LogP contribution is 2.29. The number of thioether (sulfide) groups is 1. The number of aromatic nitrogens is 3. The third-order valence-electron chi connectivity index (χ3n) is 2.68. The zero-order valence-corrected chi connectivity index (χ0v) is 10.6. The average molecular weight is 260 g/mol. The van der Waals surface area contributed by atoms with Gasteiger partial charge >= 0.3 is 0 Å². The summed E-state index contributed by atoms with van der Waals surface area (Å²) in [5.41, 5.74) is 5.50. The van der Waals surface area contributed by atoms with Crippen molar-refractivity contribution in [2.75, 3.05) is 17.3 Å². The van der Waals surface area contributed by atoms with Crippen LogP contribution in [0.15, 0.2) is 0 Å². The predicted molar refractivity (Wildman–Crippen MR) is 67.8 cm³/mol. The van der Waals surface area contributed by atoms with Crippen LogP contribution in [0.1, 0.15) is 19.3 Å². The molecule has 2 unspecified atom stereocenters. The van der Waals surface area contributed by atoms with Crippen LogP contribution in [-0.2, 0) is 0 Å². The number of hydrogen-bond donors (Lipinski definition) is 2. The summed E-state index contributed by atoms with van der Waals surface area (Å²) >= 11 is 7.61. The Labute approximate surface area is 104 Å². The maximum atomic E-state index is 5.71. The van der Waals surface area contributed by atoms with E-state index in [9.17, 15) is 0 Å². The summed E-state index contributed by atoms with van der Waals surface area (Å²) in [6.45, 7) is 0. The van der Waals surface area contributed by atoms with E-state index >= 15 is 0 Å². The molecule has 0 spiro atoms. The van der Waals surface area contributed by atoms with Crippen LogP contribution in [0, 0.1) is 0 Å². The lowest BCUT2D eigenvalue weighted by molar-refractivity contribution is 0.744. The Morgan fingerprint density at radius 1 is 1.38 bits per heavy atom. The van der Waals surface area contributed by atoms with E-state index in [4.69, 9.17) is 17.3 Å². The molecule has 1 aromatic heterocycles. The smallest absolute Gasteiger partial charge is 0.229 e. The number of hydrogen-bond acceptors (Lipinski definition) is 6. The van der Waals surface area contributed by atoms with Gasteiger partial charge in [-0.25, -0.2) is 0 Å². The summed E-state index contributed by atoms with van der Waals surface area (Å²) in [5.74, 6) is 0.631. The first-order chi connectivity index (χ1) is 7.67. The quantitative estimate of drug-likeness (QED) is 0.862. The second-order valence-electron chi connectivity index (χ2n) is 3.80. The average Bonchev–Trinajstić information content (AvgIpc) is 2.64. The van der Waals surface area contributed by atoms with Crippen molar-refractivity contribution >= 4 is 35.3 Å². The van der Waals surface area contributed by atoms with Crippen LogP contribution in [0.4, 0.5) is 11.9 Å². The SMILES string of the molecule is CSC1CCC(Nc2nc(N)nc(Cl)n2)C1. The van der Waals surface area contributed by atoms with Crippen LogP contribution in [0.3, 0.4) is 0 Å². The van der Waals surface area contributed by atoms with Gasteiger partial charge in [-0.3, -0.25) is 0 Å². The van der Waals surface area contributed by atoms with Crippen LogP contribution in [-0.4, -0.2) is 32.5 Å². The van der Waals surface area contributed by atoms with E-state index in [0.717, 1.165) is 18.1 Å². The van der Waals surface area contributed by atoms with E-state index < -0.39 is 0 Å². The van der Waals surface area contributed by atoms with E-state index in [-0.39, 0.29) is 11.2 Å². The van der Waals surface area contributed by atoms with E-state index in [0.29, 0.717) is 12.0 Å². The van der Waals surface area contributed by atoms with Gasteiger partial charge in [-0.1, -0.05) is 0 Å². The number of nitrogen functional groups attached to an aromatic ring is 1. The molecule has 1 aromatic rings. The van der Waals surface area contributed by atoms with Gasteiger partial charge in [0.25, 0.3) is 0 Å². The summed E-state index contributed by atoms with van der Waals surface area (Å²) < 4.78 is 0. The Morgan fingerprint density at radius 2 is 2.19 bits per heavy atom. The molecule has 7 heteroatoms. The van der Waals surface area contributed by atoms with E-state index in [1.165, 1.54) is 6.42 Å². The van der Waals surface area contributed by atoms with E-state index in [1.807, 2.05) is 11.8 Å². The molecule has 0 radical (unpaired) electrons. The van der Waals surface area contributed by atoms with Gasteiger partial charge in [-0.2, -0.15) is 26.7 Å². The molecule has 0 amide bonds. The lowest BCUT2D eigenvalue weighted by Gasteiger charge is -2.12. The zero-order chi connectivity index (χ0) is 11.5. The van der Waals surface area contributed by atoms with Crippen LogP contribution < -0.4 is 11.1 Å². The summed E-state index contributed by atoms with van der Waals surface area (Å²) in [6, 6.07) is 0.412. The van der Waals surface area contributed by atoms with Crippen LogP contribution in [0.5, 0.6) is 0 Å². The molecule has 1 aliphatic rings. The first-order valence-corrected chi connectivity index (χ1v) is 6.80. The number of nitrogens with two attached hydrogens (primary N) is 1. The van der Waals surface area contributed by atoms with Crippen molar-refractivity contribution in [3.63, 3.8) is 0 Å². The Hall–Kier alpha value is -0.750. The summed E-state index contributed by atoms with van der Waals surface area (Å²) in [6.07, 6.45) is 5.64. The Balaban J connectivity index is 1.99. The zero-order valence-electron chi connectivity index (χ0n) is 8.98. The van der Waals surface area contributed by atoms with Gasteiger partial charge in [-0.15, -0.1) is 0 Å². The molecule has 1 fully saturated rings. The minimum atomic E-state index is 0.134. The van der Waals surface area contributed by atoms with Gasteiger partial charge in [0.15, 0.2) is 0 Å². The minimum absolute atomic E-state index is 0.134. The van der Waals surface area contributed by atoms with Gasteiger partial charge in [0.05, 0.1) is 0 Å². The molecular weight excluding hydrogens is 246 g/mol. The molecule has 2 atom stereocenters. The molecule has 0 aromatic carbocycles. The van der Waals surface area contributed by atoms with Gasteiger partial charge in [0.1, 0.15) is 0 Å². The highest BCUT2D eigenvalue weighted by Gasteiger charge is 2.24. The lowest BCUT2D eigenvalue weighted by atomic mass is 10.2. The monoisotopic (exact) mass is 259 g/mol. The first-order valence-electron chi connectivity index (χ1n) is 5.13. The maximum absolute atomic E-state index is 5.71. The Bertz CT molecular complexity index is 355. The maximum Gasteiger partial charge on any atom is 0.229 e. The molecule has 5 nitrogen and oxygen atoms in total. The molecular formula is C9H14ClN5S. The molecule has 3 N–H and O–H groups in total. The van der Waals surface area contributed by atoms with Crippen molar-refractivity contribution < 1.29 is 0 Å². The van der Waals surface area contributed by atoms with Crippen LogP contribution in [0.25, 0.3) is 0 Å². The fourth-order valence-electron chi connectivity index (χ4n) is 1.90. The van der Waals surface area contributed by atoms with Crippen LogP contribution >= 0.6 is 23.4 Å². The minimum Gasteiger partial charge on any atom is -0.368 e. The molecule has 1 aliphatic carbocycles. The van der Waals surface area contributed by atoms with E-state index in [2.05, 4.69) is 26.5 Å². The third-order valence-corrected chi connectivity index (χ3v) is 3.94. The number of rotatable bonds is 3. The fraction of sp³-hybridized carbons (Fsp3) is 0.667. The van der Waals surface area contributed by atoms with Gasteiger partial charge < -0.3 is 11.1 Å². The molecule has 88 valence electrons. The number of nitrogens with one attached hydrogen (secondary N) is 1. The number of nitrogens with zero attached hydrogens (tertiary/aromatic N) is 3. The lowest BCUT2D eigenvalue weighted by Crippen LogP contribution is -2.18. The highest BCUT2D eigenvalue weighted by molar-refractivity contribution is 7.99. The second-order valence-corrected chi connectivity index (χ2v) is 5.27. The van der Waals surface area contributed by atoms with Crippen molar-refractivity contribution in [2.24, 2.45) is 0 Å². The standard InChI is InChI=1S/C9H14ClN5S/c1-16-6-3-2-5(4-6)12-9-14-7(10)13-8(11)15-9/h5-6H,2-4H2,1H3,(H3,11,12,13,14,15). The highest BCUT2D eigenvalue weighted by atomic mass is 35.5. The van der Waals surface area contributed by atoms with Gasteiger partial charge in [-0.05, 0) is 37.1 Å². The summed E-state index contributed by atoms with van der Waals surface area (Å²) in [7, 11) is 0. The van der Waals surface area contributed by atoms with Gasteiger partial charge in [0.2, 0.25) is 17.2 Å². The second kappa shape index (κ2) is 5.05. The molecule has 2 rings (SSSR count). The van der Waals surface area contributed by atoms with Crippen molar-refractivity contribution in [1.29, 1.82) is 0 Å². The predicted octanol–water partition coefficient (Wildman–Crippen LogP) is 1.80. The summed E-state index contributed by atoms with van der Waals surface area (Å²) in [5, 5.41) is 4.11. The van der Waals surface area contributed by atoms with Crippen molar-refractivity contribution in [1.82, 2.24) is 15.0 Å². The van der Waals surface area contributed by atoms with Crippen molar-refractivity contribution in [2.45, 2.75) is 30.6 Å². The van der Waals surface area contributed by atoms with Gasteiger partial charge in [0, 0.05) is 11.3 Å². The largest absolute Gasteiger partial charge is 0.368 e. The molecule has 1 saturated carbocycles. The normalized spacial score (nSPS) is 24.6. The number of halogens is 1. The number of anilines is 2. The topological polar surface area (TPSA) is 76.7 Å². The Kier molecular flexibility index (Phi) is 3.70. The Morgan fingerprint density at radius 3 is 2.81 bits per heavy atom. The molecule has 0 saturated heterocycles. The molecule has 0 bridgehead atoms. The fourth-order valence-corrected chi connectivity index (χ4v) is 2.86. The summed E-state index contributed by atoms with van der Waals surface area (Å²) in [4.78, 5) is 11.7. The van der Waals surface area contributed by atoms with E-state index in [1.54, 1.807) is 0 Å². The van der Waals surface area contributed by atoms with Crippen molar-refractivity contribution in [3.05, 3.63) is 5.28 Å². The van der Waals surface area contributed by atoms with Crippen LogP contribution in [0.2, 0.25) is 5.28 Å². The van der Waals surface area contributed by atoms with Crippen molar-refractivity contribution in [3.8, 4) is 0 Å². The molecule has 16 heavy (non-hydrogen) atoms. The third kappa shape index (κ3) is 2.89. The molecule has 1 heterocycles.